The summed E-state index contributed by atoms with van der Waals surface area (Å²) in [4.78, 5) is 12.1. The third-order valence-corrected chi connectivity index (χ3v) is 6.12. The van der Waals surface area contributed by atoms with Crippen molar-refractivity contribution in [1.29, 1.82) is 0 Å². The van der Waals surface area contributed by atoms with Gasteiger partial charge in [0.15, 0.2) is 0 Å². The summed E-state index contributed by atoms with van der Waals surface area (Å²) in [5.74, 6) is 0.579. The van der Waals surface area contributed by atoms with Gasteiger partial charge in [-0.05, 0) is 63.2 Å². The number of carbonyl (C=O) groups is 1. The highest BCUT2D eigenvalue weighted by Gasteiger charge is 2.17. The van der Waals surface area contributed by atoms with E-state index in [9.17, 15) is 13.2 Å². The van der Waals surface area contributed by atoms with Gasteiger partial charge in [0.25, 0.3) is 0 Å². The SMILES string of the molecule is CC(C)NS(=O)(=O)Cc1ccccc1CNC(=O)CCC1CCNCC1. The second kappa shape index (κ2) is 10.0. The molecule has 1 fully saturated rings. The van der Waals surface area contributed by atoms with E-state index in [0.717, 1.165) is 43.5 Å². The standard InChI is InChI=1S/C19H31N3O3S/c1-15(2)22-26(24,25)14-18-6-4-3-5-17(18)13-21-19(23)8-7-16-9-11-20-12-10-16/h3-6,15-16,20,22H,7-14H2,1-2H3,(H,21,23). The van der Waals surface area contributed by atoms with Gasteiger partial charge >= 0.3 is 0 Å². The molecule has 1 heterocycles. The molecule has 1 amide bonds. The maximum atomic E-state index is 12.2. The van der Waals surface area contributed by atoms with Crippen molar-refractivity contribution in [3.63, 3.8) is 0 Å². The average molecular weight is 382 g/mol. The first kappa shape index (κ1) is 20.9. The number of hydrogen-bond donors (Lipinski definition) is 3. The Bertz CT molecular complexity index is 683. The third-order valence-electron chi connectivity index (χ3n) is 4.59. The lowest BCUT2D eigenvalue weighted by Gasteiger charge is -2.22. The molecular formula is C19H31N3O3S. The number of carbonyl (C=O) groups excluding carboxylic acids is 1. The molecule has 26 heavy (non-hydrogen) atoms. The van der Waals surface area contributed by atoms with Crippen LogP contribution >= 0.6 is 0 Å². The molecule has 0 radical (unpaired) electrons. The molecule has 1 aromatic carbocycles. The van der Waals surface area contributed by atoms with Gasteiger partial charge in [-0.15, -0.1) is 0 Å². The predicted octanol–water partition coefficient (Wildman–Crippen LogP) is 1.91. The monoisotopic (exact) mass is 381 g/mol. The third kappa shape index (κ3) is 7.43. The van der Waals surface area contributed by atoms with Crippen LogP contribution in [0.4, 0.5) is 0 Å². The molecular weight excluding hydrogens is 350 g/mol. The van der Waals surface area contributed by atoms with Gasteiger partial charge in [-0.3, -0.25) is 4.79 Å². The fourth-order valence-electron chi connectivity index (χ4n) is 3.26. The minimum atomic E-state index is -3.39. The van der Waals surface area contributed by atoms with Crippen molar-refractivity contribution in [2.24, 2.45) is 5.92 Å². The fourth-order valence-corrected chi connectivity index (χ4v) is 4.76. The van der Waals surface area contributed by atoms with Crippen molar-refractivity contribution in [2.45, 2.75) is 57.9 Å². The van der Waals surface area contributed by atoms with Crippen LogP contribution in [0.15, 0.2) is 24.3 Å². The molecule has 1 aliphatic rings. The largest absolute Gasteiger partial charge is 0.352 e. The quantitative estimate of drug-likeness (QED) is 0.610. The maximum Gasteiger partial charge on any atom is 0.220 e. The molecule has 0 spiro atoms. The number of piperidine rings is 1. The molecule has 0 aromatic heterocycles. The van der Waals surface area contributed by atoms with Crippen LogP contribution in [0.5, 0.6) is 0 Å². The van der Waals surface area contributed by atoms with Crippen LogP contribution in [0.25, 0.3) is 0 Å². The molecule has 6 nitrogen and oxygen atoms in total. The average Bonchev–Trinajstić information content (AvgIpc) is 2.58. The smallest absolute Gasteiger partial charge is 0.220 e. The summed E-state index contributed by atoms with van der Waals surface area (Å²) in [5, 5.41) is 6.27. The van der Waals surface area contributed by atoms with Crippen molar-refractivity contribution in [2.75, 3.05) is 13.1 Å². The van der Waals surface area contributed by atoms with E-state index in [1.165, 1.54) is 0 Å². The Morgan fingerprint density at radius 3 is 2.50 bits per heavy atom. The molecule has 3 N–H and O–H groups in total. The van der Waals surface area contributed by atoms with Crippen LogP contribution in [-0.2, 0) is 27.1 Å². The molecule has 146 valence electrons. The Morgan fingerprint density at radius 1 is 1.19 bits per heavy atom. The zero-order chi connectivity index (χ0) is 19.0. The van der Waals surface area contributed by atoms with Crippen LogP contribution in [0, 0.1) is 5.92 Å². The van der Waals surface area contributed by atoms with E-state index in [0.29, 0.717) is 18.9 Å². The highest BCUT2D eigenvalue weighted by atomic mass is 32.2. The first-order valence-corrected chi connectivity index (χ1v) is 11.0. The van der Waals surface area contributed by atoms with Gasteiger partial charge in [0.05, 0.1) is 5.75 Å². The normalized spacial score (nSPS) is 16.0. The number of hydrogen-bond acceptors (Lipinski definition) is 4. The van der Waals surface area contributed by atoms with E-state index < -0.39 is 10.0 Å². The summed E-state index contributed by atoms with van der Waals surface area (Å²) < 4.78 is 26.9. The van der Waals surface area contributed by atoms with Crippen molar-refractivity contribution in [3.05, 3.63) is 35.4 Å². The topological polar surface area (TPSA) is 87.3 Å². The Morgan fingerprint density at radius 2 is 1.85 bits per heavy atom. The number of rotatable bonds is 9. The summed E-state index contributed by atoms with van der Waals surface area (Å²) >= 11 is 0. The molecule has 7 heteroatoms. The Labute approximate surface area is 157 Å². The molecule has 1 aliphatic heterocycles. The van der Waals surface area contributed by atoms with E-state index >= 15 is 0 Å². The minimum Gasteiger partial charge on any atom is -0.352 e. The molecule has 2 rings (SSSR count). The van der Waals surface area contributed by atoms with Crippen LogP contribution in [-0.4, -0.2) is 33.5 Å². The molecule has 0 atom stereocenters. The first-order chi connectivity index (χ1) is 12.4. The second-order valence-corrected chi connectivity index (χ2v) is 9.06. The highest BCUT2D eigenvalue weighted by molar-refractivity contribution is 7.88. The van der Waals surface area contributed by atoms with Crippen LogP contribution in [0.2, 0.25) is 0 Å². The zero-order valence-electron chi connectivity index (χ0n) is 15.8. The van der Waals surface area contributed by atoms with E-state index in [4.69, 9.17) is 0 Å². The second-order valence-electron chi connectivity index (χ2n) is 7.31. The van der Waals surface area contributed by atoms with Gasteiger partial charge in [-0.1, -0.05) is 24.3 Å². The fraction of sp³-hybridized carbons (Fsp3) is 0.632. The summed E-state index contributed by atoms with van der Waals surface area (Å²) in [6.07, 6.45) is 3.72. The number of amides is 1. The lowest BCUT2D eigenvalue weighted by Crippen LogP contribution is -2.32. The van der Waals surface area contributed by atoms with Crippen molar-refractivity contribution in [3.8, 4) is 0 Å². The number of sulfonamides is 1. The minimum absolute atomic E-state index is 0.0292. The number of nitrogens with one attached hydrogen (secondary N) is 3. The molecule has 0 aliphatic carbocycles. The van der Waals surface area contributed by atoms with E-state index in [1.807, 2.05) is 18.2 Å². The van der Waals surface area contributed by atoms with Crippen molar-refractivity contribution >= 4 is 15.9 Å². The summed E-state index contributed by atoms with van der Waals surface area (Å²) in [6, 6.07) is 7.22. The van der Waals surface area contributed by atoms with Crippen LogP contribution < -0.4 is 15.4 Å². The Kier molecular flexibility index (Phi) is 8.06. The predicted molar refractivity (Wildman–Crippen MR) is 104 cm³/mol. The summed E-state index contributed by atoms with van der Waals surface area (Å²) in [6.45, 7) is 6.04. The molecule has 1 saturated heterocycles. The molecule has 0 saturated carbocycles. The van der Waals surface area contributed by atoms with Gasteiger partial charge in [-0.25, -0.2) is 13.1 Å². The Balaban J connectivity index is 1.86. The maximum absolute atomic E-state index is 12.2. The highest BCUT2D eigenvalue weighted by Crippen LogP contribution is 2.18. The lowest BCUT2D eigenvalue weighted by atomic mass is 9.93. The van der Waals surface area contributed by atoms with Crippen molar-refractivity contribution in [1.82, 2.24) is 15.4 Å². The lowest BCUT2D eigenvalue weighted by molar-refractivity contribution is -0.121. The van der Waals surface area contributed by atoms with Crippen LogP contribution in [0.1, 0.15) is 50.7 Å². The van der Waals surface area contributed by atoms with Crippen LogP contribution in [0.3, 0.4) is 0 Å². The van der Waals surface area contributed by atoms with Gasteiger partial charge < -0.3 is 10.6 Å². The van der Waals surface area contributed by atoms with Gasteiger partial charge in [0.2, 0.25) is 15.9 Å². The van der Waals surface area contributed by atoms with E-state index in [1.54, 1.807) is 19.9 Å². The van der Waals surface area contributed by atoms with Gasteiger partial charge in [0, 0.05) is 19.0 Å². The van der Waals surface area contributed by atoms with E-state index in [-0.39, 0.29) is 17.7 Å². The zero-order valence-corrected chi connectivity index (χ0v) is 16.6. The van der Waals surface area contributed by atoms with Gasteiger partial charge in [0.1, 0.15) is 0 Å². The summed E-state index contributed by atoms with van der Waals surface area (Å²) in [5.41, 5.74) is 1.57. The molecule has 0 unspecified atom stereocenters. The molecule has 1 aromatic rings. The van der Waals surface area contributed by atoms with E-state index in [2.05, 4.69) is 15.4 Å². The number of benzene rings is 1. The van der Waals surface area contributed by atoms with Gasteiger partial charge in [-0.2, -0.15) is 0 Å². The summed E-state index contributed by atoms with van der Waals surface area (Å²) in [7, 11) is -3.39. The Hall–Kier alpha value is -1.44. The first-order valence-electron chi connectivity index (χ1n) is 9.40. The van der Waals surface area contributed by atoms with Crippen molar-refractivity contribution < 1.29 is 13.2 Å². The molecule has 0 bridgehead atoms.